The molecule has 1 fully saturated rings. The summed E-state index contributed by atoms with van der Waals surface area (Å²) in [5.74, 6) is 0.126. The Morgan fingerprint density at radius 2 is 2.22 bits per heavy atom. The summed E-state index contributed by atoms with van der Waals surface area (Å²) in [7, 11) is 0. The van der Waals surface area contributed by atoms with E-state index in [9.17, 15) is 4.79 Å². The molecule has 1 aliphatic rings. The van der Waals surface area contributed by atoms with Crippen LogP contribution >= 0.6 is 0 Å². The fraction of sp³-hybridized carbons (Fsp3) is 0.533. The lowest BCUT2D eigenvalue weighted by Gasteiger charge is -2.19. The smallest absolute Gasteiger partial charge is 0.237 e. The van der Waals surface area contributed by atoms with Crippen LogP contribution in [0.1, 0.15) is 42.5 Å². The largest absolute Gasteiger partial charge is 0.348 e. The molecule has 1 saturated heterocycles. The van der Waals surface area contributed by atoms with E-state index in [1.807, 2.05) is 0 Å². The number of hydrogen-bond acceptors (Lipinski definition) is 2. The van der Waals surface area contributed by atoms with Crippen molar-refractivity contribution in [2.75, 3.05) is 6.54 Å². The predicted molar refractivity (Wildman–Crippen MR) is 73.5 cm³/mol. The Morgan fingerprint density at radius 3 is 2.89 bits per heavy atom. The number of benzene rings is 1. The number of amides is 1. The lowest BCUT2D eigenvalue weighted by Crippen LogP contribution is -2.41. The lowest BCUT2D eigenvalue weighted by molar-refractivity contribution is -0.123. The summed E-state index contributed by atoms with van der Waals surface area (Å²) in [6, 6.07) is 6.44. The third-order valence-electron chi connectivity index (χ3n) is 3.64. The summed E-state index contributed by atoms with van der Waals surface area (Å²) in [5, 5.41) is 6.33. The van der Waals surface area contributed by atoms with Crippen molar-refractivity contribution < 1.29 is 4.79 Å². The van der Waals surface area contributed by atoms with Gasteiger partial charge in [-0.1, -0.05) is 23.8 Å². The maximum atomic E-state index is 12.1. The molecule has 1 aromatic rings. The molecule has 2 rings (SSSR count). The van der Waals surface area contributed by atoms with E-state index in [1.54, 1.807) is 0 Å². The highest BCUT2D eigenvalue weighted by atomic mass is 16.2. The second kappa shape index (κ2) is 5.53. The molecule has 0 aromatic heterocycles. The first-order chi connectivity index (χ1) is 8.58. The minimum atomic E-state index is -0.00225. The molecule has 2 N–H and O–H groups in total. The first-order valence-corrected chi connectivity index (χ1v) is 6.69. The van der Waals surface area contributed by atoms with Gasteiger partial charge in [0.1, 0.15) is 0 Å². The van der Waals surface area contributed by atoms with Gasteiger partial charge in [0.25, 0.3) is 0 Å². The monoisotopic (exact) mass is 246 g/mol. The van der Waals surface area contributed by atoms with Crippen molar-refractivity contribution in [3.63, 3.8) is 0 Å². The topological polar surface area (TPSA) is 41.1 Å². The van der Waals surface area contributed by atoms with Crippen LogP contribution in [-0.4, -0.2) is 18.5 Å². The van der Waals surface area contributed by atoms with Gasteiger partial charge >= 0.3 is 0 Å². The van der Waals surface area contributed by atoms with Crippen LogP contribution in [0.3, 0.4) is 0 Å². The van der Waals surface area contributed by atoms with E-state index in [4.69, 9.17) is 0 Å². The maximum absolute atomic E-state index is 12.1. The number of carbonyl (C=O) groups is 1. The molecular formula is C15H22N2O. The van der Waals surface area contributed by atoms with Gasteiger partial charge in [-0.05, 0) is 51.3 Å². The number of nitrogens with one attached hydrogen (secondary N) is 2. The molecule has 1 aromatic carbocycles. The van der Waals surface area contributed by atoms with Crippen LogP contribution in [0.15, 0.2) is 18.2 Å². The summed E-state index contributed by atoms with van der Waals surface area (Å²) < 4.78 is 0. The second-order valence-corrected chi connectivity index (χ2v) is 5.24. The fourth-order valence-electron chi connectivity index (χ4n) is 2.53. The average Bonchev–Trinajstić information content (AvgIpc) is 2.85. The Hall–Kier alpha value is -1.35. The first-order valence-electron chi connectivity index (χ1n) is 6.69. The van der Waals surface area contributed by atoms with Crippen LogP contribution in [-0.2, 0) is 4.79 Å². The fourth-order valence-corrected chi connectivity index (χ4v) is 2.53. The number of hydrogen-bond donors (Lipinski definition) is 2. The normalized spacial score (nSPS) is 20.7. The molecule has 2 atom stereocenters. The van der Waals surface area contributed by atoms with Crippen molar-refractivity contribution >= 4 is 5.91 Å². The van der Waals surface area contributed by atoms with E-state index in [-0.39, 0.29) is 18.0 Å². The molecule has 0 spiro atoms. The molecule has 1 amide bonds. The van der Waals surface area contributed by atoms with Crippen LogP contribution in [0.2, 0.25) is 0 Å². The zero-order valence-electron chi connectivity index (χ0n) is 11.4. The maximum Gasteiger partial charge on any atom is 0.237 e. The minimum absolute atomic E-state index is 0.00225. The van der Waals surface area contributed by atoms with Gasteiger partial charge in [0.05, 0.1) is 12.1 Å². The summed E-state index contributed by atoms with van der Waals surface area (Å²) >= 11 is 0. The van der Waals surface area contributed by atoms with Gasteiger partial charge in [0, 0.05) is 0 Å². The number of rotatable bonds is 3. The summed E-state index contributed by atoms with van der Waals surface area (Å²) in [6.07, 6.45) is 2.04. The van der Waals surface area contributed by atoms with Crippen molar-refractivity contribution in [2.24, 2.45) is 0 Å². The lowest BCUT2D eigenvalue weighted by atomic mass is 9.99. The van der Waals surface area contributed by atoms with Gasteiger partial charge in [0.2, 0.25) is 5.91 Å². The van der Waals surface area contributed by atoms with Gasteiger partial charge in [-0.2, -0.15) is 0 Å². The molecule has 1 heterocycles. The summed E-state index contributed by atoms with van der Waals surface area (Å²) in [5.41, 5.74) is 3.67. The first kappa shape index (κ1) is 13.1. The summed E-state index contributed by atoms with van der Waals surface area (Å²) in [4.78, 5) is 12.1. The van der Waals surface area contributed by atoms with E-state index >= 15 is 0 Å². The molecular weight excluding hydrogens is 224 g/mol. The number of aryl methyl sites for hydroxylation is 2. The molecule has 0 radical (unpaired) electrons. The highest BCUT2D eigenvalue weighted by molar-refractivity contribution is 5.82. The zero-order chi connectivity index (χ0) is 13.1. The van der Waals surface area contributed by atoms with Gasteiger partial charge in [-0.25, -0.2) is 0 Å². The van der Waals surface area contributed by atoms with Gasteiger partial charge in [0.15, 0.2) is 0 Å². The van der Waals surface area contributed by atoms with Crippen LogP contribution in [0.5, 0.6) is 0 Å². The van der Waals surface area contributed by atoms with Crippen LogP contribution in [0.25, 0.3) is 0 Å². The van der Waals surface area contributed by atoms with Gasteiger partial charge in [-0.3, -0.25) is 4.79 Å². The molecule has 1 aliphatic heterocycles. The molecule has 0 aliphatic carbocycles. The number of carbonyl (C=O) groups excluding carboxylic acids is 1. The van der Waals surface area contributed by atoms with E-state index in [1.165, 1.54) is 16.7 Å². The highest BCUT2D eigenvalue weighted by Gasteiger charge is 2.23. The Labute approximate surface area is 109 Å². The van der Waals surface area contributed by atoms with E-state index in [0.717, 1.165) is 19.4 Å². The van der Waals surface area contributed by atoms with Crippen molar-refractivity contribution in [3.05, 3.63) is 34.9 Å². The SMILES string of the molecule is Cc1ccc(C)c(C(C)NC(=O)[C@@H]2CCCN2)c1. The van der Waals surface area contributed by atoms with Gasteiger partial charge in [-0.15, -0.1) is 0 Å². The predicted octanol–water partition coefficient (Wildman–Crippen LogP) is 2.23. The Morgan fingerprint density at radius 1 is 1.44 bits per heavy atom. The zero-order valence-corrected chi connectivity index (χ0v) is 11.4. The molecule has 3 heteroatoms. The Kier molecular flexibility index (Phi) is 4.02. The molecule has 18 heavy (non-hydrogen) atoms. The van der Waals surface area contributed by atoms with E-state index in [2.05, 4.69) is 49.6 Å². The quantitative estimate of drug-likeness (QED) is 0.858. The van der Waals surface area contributed by atoms with Crippen molar-refractivity contribution in [2.45, 2.75) is 45.7 Å². The van der Waals surface area contributed by atoms with Crippen LogP contribution < -0.4 is 10.6 Å². The molecule has 3 nitrogen and oxygen atoms in total. The summed E-state index contributed by atoms with van der Waals surface area (Å²) in [6.45, 7) is 7.17. The molecule has 98 valence electrons. The molecule has 1 unspecified atom stereocenters. The highest BCUT2D eigenvalue weighted by Crippen LogP contribution is 2.19. The van der Waals surface area contributed by atoms with Crippen LogP contribution in [0.4, 0.5) is 0 Å². The van der Waals surface area contributed by atoms with Gasteiger partial charge < -0.3 is 10.6 Å². The average molecular weight is 246 g/mol. The second-order valence-electron chi connectivity index (χ2n) is 5.24. The van der Waals surface area contributed by atoms with Crippen molar-refractivity contribution in [1.82, 2.24) is 10.6 Å². The Balaban J connectivity index is 2.04. The third-order valence-corrected chi connectivity index (χ3v) is 3.64. The standard InChI is InChI=1S/C15H22N2O/c1-10-6-7-11(2)13(9-10)12(3)17-15(18)14-5-4-8-16-14/h6-7,9,12,14,16H,4-5,8H2,1-3H3,(H,17,18)/t12?,14-/m0/s1. The molecule has 0 saturated carbocycles. The molecule has 0 bridgehead atoms. The van der Waals surface area contributed by atoms with Crippen molar-refractivity contribution in [3.8, 4) is 0 Å². The minimum Gasteiger partial charge on any atom is -0.348 e. The van der Waals surface area contributed by atoms with Crippen molar-refractivity contribution in [1.29, 1.82) is 0 Å². The Bertz CT molecular complexity index is 436. The third kappa shape index (κ3) is 2.91. The van der Waals surface area contributed by atoms with Crippen LogP contribution in [0, 0.1) is 13.8 Å². The van der Waals surface area contributed by atoms with E-state index in [0.29, 0.717) is 0 Å². The van der Waals surface area contributed by atoms with E-state index < -0.39 is 0 Å².